The van der Waals surface area contributed by atoms with Crippen LogP contribution in [0.25, 0.3) is 11.0 Å². The number of aliphatic hydroxyl groups excluding tert-OH is 1. The predicted octanol–water partition coefficient (Wildman–Crippen LogP) is 1.73. The van der Waals surface area contributed by atoms with E-state index < -0.39 is 0 Å². The highest BCUT2D eigenvalue weighted by atomic mass is 32.2. The summed E-state index contributed by atoms with van der Waals surface area (Å²) in [6, 6.07) is 5.81. The van der Waals surface area contributed by atoms with Crippen molar-refractivity contribution in [1.29, 1.82) is 0 Å². The third-order valence-electron chi connectivity index (χ3n) is 2.57. The van der Waals surface area contributed by atoms with Crippen LogP contribution in [0.1, 0.15) is 6.42 Å². The molecule has 2 aromatic rings. The molecular formula is C12H17N3OS. The maximum Gasteiger partial charge on any atom is 0.0958 e. The molecule has 0 aliphatic rings. The van der Waals surface area contributed by atoms with Gasteiger partial charge in [0.05, 0.1) is 17.4 Å². The van der Waals surface area contributed by atoms with Crippen LogP contribution < -0.4 is 5.73 Å². The number of imidazole rings is 1. The van der Waals surface area contributed by atoms with Crippen molar-refractivity contribution in [3.63, 3.8) is 0 Å². The van der Waals surface area contributed by atoms with Gasteiger partial charge in [0.2, 0.25) is 0 Å². The third-order valence-corrected chi connectivity index (χ3v) is 3.62. The summed E-state index contributed by atoms with van der Waals surface area (Å²) in [7, 11) is 0. The van der Waals surface area contributed by atoms with Crippen LogP contribution in [0, 0.1) is 0 Å². The number of aromatic nitrogens is 2. The predicted molar refractivity (Wildman–Crippen MR) is 73.2 cm³/mol. The van der Waals surface area contributed by atoms with Crippen molar-refractivity contribution in [2.24, 2.45) is 0 Å². The molecule has 1 aromatic carbocycles. The molecule has 4 nitrogen and oxygen atoms in total. The Kier molecular flexibility index (Phi) is 4.28. The molecule has 0 spiro atoms. The SMILES string of the molecule is Nc1ccc2c(c1)ncn2CCSCCCO. The molecular weight excluding hydrogens is 234 g/mol. The quantitative estimate of drug-likeness (QED) is 0.606. The number of aryl methyl sites for hydroxylation is 1. The minimum absolute atomic E-state index is 0.278. The Bertz CT molecular complexity index is 484. The van der Waals surface area contributed by atoms with E-state index in [2.05, 4.69) is 9.55 Å². The van der Waals surface area contributed by atoms with Crippen LogP contribution in [0.15, 0.2) is 24.5 Å². The van der Waals surface area contributed by atoms with Crippen LogP contribution in [0.4, 0.5) is 5.69 Å². The van der Waals surface area contributed by atoms with E-state index in [1.807, 2.05) is 36.3 Å². The second-order valence-corrected chi connectivity index (χ2v) is 5.10. The number of nitrogens with zero attached hydrogens (tertiary/aromatic N) is 2. The van der Waals surface area contributed by atoms with Crippen LogP contribution in [0.2, 0.25) is 0 Å². The summed E-state index contributed by atoms with van der Waals surface area (Å²) in [4.78, 5) is 4.33. The molecule has 1 aromatic heterocycles. The lowest BCUT2D eigenvalue weighted by Crippen LogP contribution is -1.99. The van der Waals surface area contributed by atoms with E-state index in [9.17, 15) is 0 Å². The lowest BCUT2D eigenvalue weighted by Gasteiger charge is -2.04. The zero-order valence-corrected chi connectivity index (χ0v) is 10.5. The number of nitrogens with two attached hydrogens (primary N) is 1. The number of aliphatic hydroxyl groups is 1. The summed E-state index contributed by atoms with van der Waals surface area (Å²) in [6.07, 6.45) is 2.72. The van der Waals surface area contributed by atoms with Crippen LogP contribution >= 0.6 is 11.8 Å². The smallest absolute Gasteiger partial charge is 0.0958 e. The largest absolute Gasteiger partial charge is 0.399 e. The Morgan fingerprint density at radius 1 is 1.35 bits per heavy atom. The van der Waals surface area contributed by atoms with E-state index in [1.165, 1.54) is 0 Å². The first-order chi connectivity index (χ1) is 8.31. The fraction of sp³-hybridized carbons (Fsp3) is 0.417. The average Bonchev–Trinajstić information content (AvgIpc) is 2.71. The Labute approximate surface area is 105 Å². The van der Waals surface area contributed by atoms with Gasteiger partial charge in [0.1, 0.15) is 0 Å². The number of hydrogen-bond acceptors (Lipinski definition) is 4. The van der Waals surface area contributed by atoms with E-state index in [0.717, 1.165) is 41.2 Å². The summed E-state index contributed by atoms with van der Waals surface area (Å²) < 4.78 is 2.14. The number of anilines is 1. The maximum absolute atomic E-state index is 8.68. The minimum Gasteiger partial charge on any atom is -0.399 e. The monoisotopic (exact) mass is 251 g/mol. The standard InChI is InChI=1S/C12H17N3OS/c13-10-2-3-12-11(8-10)14-9-15(12)4-7-17-6-1-5-16/h2-3,8-9,16H,1,4-7,13H2. The van der Waals surface area contributed by atoms with Crippen molar-refractivity contribution in [3.8, 4) is 0 Å². The molecule has 0 radical (unpaired) electrons. The van der Waals surface area contributed by atoms with Gasteiger partial charge in [-0.2, -0.15) is 11.8 Å². The number of rotatable bonds is 6. The van der Waals surface area contributed by atoms with E-state index in [-0.39, 0.29) is 6.61 Å². The van der Waals surface area contributed by atoms with Gasteiger partial charge < -0.3 is 15.4 Å². The summed E-state index contributed by atoms with van der Waals surface area (Å²) >= 11 is 1.85. The first-order valence-electron chi connectivity index (χ1n) is 5.70. The van der Waals surface area contributed by atoms with E-state index >= 15 is 0 Å². The molecule has 0 saturated heterocycles. The first kappa shape index (κ1) is 12.3. The van der Waals surface area contributed by atoms with Crippen molar-refractivity contribution in [2.75, 3.05) is 23.8 Å². The lowest BCUT2D eigenvalue weighted by molar-refractivity contribution is 0.296. The van der Waals surface area contributed by atoms with Crippen molar-refractivity contribution in [3.05, 3.63) is 24.5 Å². The molecule has 0 fully saturated rings. The molecule has 2 rings (SSSR count). The third kappa shape index (κ3) is 3.14. The number of nitrogen functional groups attached to an aromatic ring is 1. The van der Waals surface area contributed by atoms with Gasteiger partial charge in [-0.05, 0) is 30.4 Å². The number of hydrogen-bond donors (Lipinski definition) is 2. The molecule has 0 atom stereocenters. The van der Waals surface area contributed by atoms with Crippen LogP contribution in [0.3, 0.4) is 0 Å². The van der Waals surface area contributed by atoms with E-state index in [1.54, 1.807) is 0 Å². The number of thioether (sulfide) groups is 1. The van der Waals surface area contributed by atoms with Crippen LogP contribution in [0.5, 0.6) is 0 Å². The number of fused-ring (bicyclic) bond motifs is 1. The zero-order valence-electron chi connectivity index (χ0n) is 9.67. The van der Waals surface area contributed by atoms with Gasteiger partial charge in [0, 0.05) is 24.6 Å². The Balaban J connectivity index is 1.95. The van der Waals surface area contributed by atoms with E-state index in [0.29, 0.717) is 0 Å². The minimum atomic E-state index is 0.278. The lowest BCUT2D eigenvalue weighted by atomic mass is 10.3. The molecule has 1 heterocycles. The molecule has 0 bridgehead atoms. The topological polar surface area (TPSA) is 64.1 Å². The Morgan fingerprint density at radius 3 is 3.06 bits per heavy atom. The molecule has 0 amide bonds. The Morgan fingerprint density at radius 2 is 2.24 bits per heavy atom. The van der Waals surface area contributed by atoms with Crippen molar-refractivity contribution in [2.45, 2.75) is 13.0 Å². The molecule has 0 saturated carbocycles. The highest BCUT2D eigenvalue weighted by Gasteiger charge is 2.02. The fourth-order valence-corrected chi connectivity index (χ4v) is 2.55. The van der Waals surface area contributed by atoms with Gasteiger partial charge in [-0.15, -0.1) is 0 Å². The highest BCUT2D eigenvalue weighted by Crippen LogP contribution is 2.16. The fourth-order valence-electron chi connectivity index (χ4n) is 1.69. The maximum atomic E-state index is 8.68. The summed E-state index contributed by atoms with van der Waals surface area (Å²) in [6.45, 7) is 1.22. The van der Waals surface area contributed by atoms with Crippen LogP contribution in [-0.2, 0) is 6.54 Å². The van der Waals surface area contributed by atoms with Gasteiger partial charge >= 0.3 is 0 Å². The van der Waals surface area contributed by atoms with Gasteiger partial charge in [-0.25, -0.2) is 4.98 Å². The molecule has 3 N–H and O–H groups in total. The number of benzene rings is 1. The van der Waals surface area contributed by atoms with Gasteiger partial charge in [-0.3, -0.25) is 0 Å². The van der Waals surface area contributed by atoms with Crippen molar-refractivity contribution < 1.29 is 5.11 Å². The van der Waals surface area contributed by atoms with E-state index in [4.69, 9.17) is 10.8 Å². The highest BCUT2D eigenvalue weighted by molar-refractivity contribution is 7.99. The second-order valence-electron chi connectivity index (χ2n) is 3.88. The van der Waals surface area contributed by atoms with Crippen molar-refractivity contribution in [1.82, 2.24) is 9.55 Å². The summed E-state index contributed by atoms with van der Waals surface area (Å²) in [5, 5.41) is 8.68. The van der Waals surface area contributed by atoms with Gasteiger partial charge in [0.15, 0.2) is 0 Å². The second kappa shape index (κ2) is 5.93. The molecule has 0 aliphatic carbocycles. The molecule has 0 aliphatic heterocycles. The summed E-state index contributed by atoms with van der Waals surface area (Å²) in [5.41, 5.74) is 8.54. The molecule has 0 unspecified atom stereocenters. The average molecular weight is 251 g/mol. The van der Waals surface area contributed by atoms with Gasteiger partial charge in [0.25, 0.3) is 0 Å². The summed E-state index contributed by atoms with van der Waals surface area (Å²) in [5.74, 6) is 2.05. The molecule has 5 heteroatoms. The van der Waals surface area contributed by atoms with Crippen molar-refractivity contribution >= 4 is 28.5 Å². The Hall–Kier alpha value is -1.20. The van der Waals surface area contributed by atoms with Gasteiger partial charge in [-0.1, -0.05) is 0 Å². The molecule has 92 valence electrons. The zero-order chi connectivity index (χ0) is 12.1. The molecule has 17 heavy (non-hydrogen) atoms. The van der Waals surface area contributed by atoms with Crippen LogP contribution in [-0.4, -0.2) is 32.8 Å². The normalized spacial score (nSPS) is 11.1. The first-order valence-corrected chi connectivity index (χ1v) is 6.85.